The average molecular weight is 443 g/mol. The van der Waals surface area contributed by atoms with Crippen LogP contribution in [-0.4, -0.2) is 38.4 Å². The Balaban J connectivity index is 1.60. The third kappa shape index (κ3) is 4.56. The highest BCUT2D eigenvalue weighted by molar-refractivity contribution is 7.92. The quantitative estimate of drug-likeness (QED) is 0.756. The molecule has 1 fully saturated rings. The van der Waals surface area contributed by atoms with Crippen molar-refractivity contribution < 1.29 is 17.9 Å². The smallest absolute Gasteiger partial charge is 0.261 e. The van der Waals surface area contributed by atoms with E-state index in [0.717, 1.165) is 37.8 Å². The molecule has 1 unspecified atom stereocenters. The second-order valence-corrected chi connectivity index (χ2v) is 11.1. The SMILES string of the molecule is CC(C)(C)c1ccc(S(=O)(=O)Nc2ccc3c(c2)C(=O)N2CCCCC2CCO3)cc1. The van der Waals surface area contributed by atoms with Crippen molar-refractivity contribution in [1.29, 1.82) is 0 Å². The number of carbonyl (C=O) groups is 1. The number of anilines is 1. The molecule has 0 saturated carbocycles. The van der Waals surface area contributed by atoms with Gasteiger partial charge in [0.15, 0.2) is 0 Å². The van der Waals surface area contributed by atoms with Gasteiger partial charge in [0.25, 0.3) is 15.9 Å². The molecule has 1 amide bonds. The highest BCUT2D eigenvalue weighted by atomic mass is 32.2. The maximum absolute atomic E-state index is 13.2. The largest absolute Gasteiger partial charge is 0.493 e. The Morgan fingerprint density at radius 2 is 1.77 bits per heavy atom. The summed E-state index contributed by atoms with van der Waals surface area (Å²) >= 11 is 0. The van der Waals surface area contributed by atoms with Crippen molar-refractivity contribution in [3.8, 4) is 5.75 Å². The van der Waals surface area contributed by atoms with Crippen LogP contribution < -0.4 is 9.46 Å². The topological polar surface area (TPSA) is 75.7 Å². The fourth-order valence-electron chi connectivity index (χ4n) is 4.26. The maximum atomic E-state index is 13.2. The van der Waals surface area contributed by atoms with E-state index in [2.05, 4.69) is 25.5 Å². The zero-order valence-electron chi connectivity index (χ0n) is 18.3. The highest BCUT2D eigenvalue weighted by Crippen LogP contribution is 2.32. The Kier molecular flexibility index (Phi) is 5.73. The molecule has 1 N–H and O–H groups in total. The van der Waals surface area contributed by atoms with E-state index < -0.39 is 10.0 Å². The van der Waals surface area contributed by atoms with Crippen LogP contribution in [0.15, 0.2) is 47.4 Å². The lowest BCUT2D eigenvalue weighted by Gasteiger charge is -2.37. The van der Waals surface area contributed by atoms with Crippen LogP contribution in [-0.2, 0) is 15.4 Å². The molecule has 1 atom stereocenters. The number of carbonyl (C=O) groups excluding carboxylic acids is 1. The molecule has 6 nitrogen and oxygen atoms in total. The summed E-state index contributed by atoms with van der Waals surface area (Å²) in [7, 11) is -3.77. The number of hydrogen-bond donors (Lipinski definition) is 1. The van der Waals surface area contributed by atoms with Crippen LogP contribution >= 0.6 is 0 Å². The molecule has 7 heteroatoms. The lowest BCUT2D eigenvalue weighted by atomic mass is 9.87. The Morgan fingerprint density at radius 3 is 2.48 bits per heavy atom. The van der Waals surface area contributed by atoms with Gasteiger partial charge >= 0.3 is 0 Å². The molecule has 0 radical (unpaired) electrons. The van der Waals surface area contributed by atoms with Crippen molar-refractivity contribution in [2.24, 2.45) is 0 Å². The van der Waals surface area contributed by atoms with Gasteiger partial charge in [-0.3, -0.25) is 9.52 Å². The summed E-state index contributed by atoms with van der Waals surface area (Å²) in [6.07, 6.45) is 3.93. The third-order valence-corrected chi connectivity index (χ3v) is 7.49. The van der Waals surface area contributed by atoms with Crippen LogP contribution in [0.4, 0.5) is 5.69 Å². The Morgan fingerprint density at radius 1 is 1.03 bits per heavy atom. The maximum Gasteiger partial charge on any atom is 0.261 e. The van der Waals surface area contributed by atoms with Gasteiger partial charge in [-0.25, -0.2) is 8.42 Å². The fraction of sp³-hybridized carbons (Fsp3) is 0.458. The lowest BCUT2D eigenvalue weighted by molar-refractivity contribution is 0.0548. The van der Waals surface area contributed by atoms with Gasteiger partial charge in [-0.1, -0.05) is 32.9 Å². The Hall–Kier alpha value is -2.54. The summed E-state index contributed by atoms with van der Waals surface area (Å²) < 4.78 is 34.3. The molecule has 2 aliphatic rings. The first-order valence-electron chi connectivity index (χ1n) is 10.9. The van der Waals surface area contributed by atoms with Crippen LogP contribution in [0.3, 0.4) is 0 Å². The first-order chi connectivity index (χ1) is 14.6. The van der Waals surface area contributed by atoms with Gasteiger partial charge in [-0.15, -0.1) is 0 Å². The van der Waals surface area contributed by atoms with Crippen molar-refractivity contribution in [1.82, 2.24) is 4.90 Å². The molecule has 31 heavy (non-hydrogen) atoms. The number of piperidine rings is 1. The van der Waals surface area contributed by atoms with E-state index in [-0.39, 0.29) is 22.3 Å². The van der Waals surface area contributed by atoms with E-state index in [0.29, 0.717) is 23.6 Å². The average Bonchev–Trinajstić information content (AvgIpc) is 2.73. The molecule has 0 bridgehead atoms. The van der Waals surface area contributed by atoms with Gasteiger partial charge in [0, 0.05) is 24.7 Å². The minimum absolute atomic E-state index is 0.0574. The van der Waals surface area contributed by atoms with Crippen LogP contribution in [0.25, 0.3) is 0 Å². The van der Waals surface area contributed by atoms with Crippen LogP contribution in [0.1, 0.15) is 62.4 Å². The Bertz CT molecular complexity index is 1070. The van der Waals surface area contributed by atoms with Gasteiger partial charge in [-0.05, 0) is 60.6 Å². The number of hydrogen-bond acceptors (Lipinski definition) is 4. The summed E-state index contributed by atoms with van der Waals surface area (Å²) in [4.78, 5) is 15.3. The lowest BCUT2D eigenvalue weighted by Crippen LogP contribution is -2.45. The van der Waals surface area contributed by atoms with E-state index in [1.165, 1.54) is 0 Å². The predicted molar refractivity (Wildman–Crippen MR) is 121 cm³/mol. The normalized spacial score (nSPS) is 19.5. The molecule has 0 spiro atoms. The molecular weight excluding hydrogens is 412 g/mol. The van der Waals surface area contributed by atoms with Crippen LogP contribution in [0.5, 0.6) is 5.75 Å². The molecule has 1 saturated heterocycles. The number of nitrogens with zero attached hydrogens (tertiary/aromatic N) is 1. The van der Waals surface area contributed by atoms with E-state index in [1.807, 2.05) is 17.0 Å². The predicted octanol–water partition coefficient (Wildman–Crippen LogP) is 4.56. The van der Waals surface area contributed by atoms with Crippen molar-refractivity contribution in [2.45, 2.75) is 62.8 Å². The molecule has 166 valence electrons. The number of rotatable bonds is 3. The highest BCUT2D eigenvalue weighted by Gasteiger charge is 2.31. The van der Waals surface area contributed by atoms with Gasteiger partial charge in [0.1, 0.15) is 5.75 Å². The number of nitrogens with one attached hydrogen (secondary N) is 1. The zero-order chi connectivity index (χ0) is 22.2. The zero-order valence-corrected chi connectivity index (χ0v) is 19.2. The molecule has 0 aromatic heterocycles. The van der Waals surface area contributed by atoms with Gasteiger partial charge < -0.3 is 9.64 Å². The van der Waals surface area contributed by atoms with Crippen LogP contribution in [0, 0.1) is 0 Å². The third-order valence-electron chi connectivity index (χ3n) is 6.09. The first kappa shape index (κ1) is 21.7. The van der Waals surface area contributed by atoms with Crippen molar-refractivity contribution in [2.75, 3.05) is 17.9 Å². The van der Waals surface area contributed by atoms with E-state index in [4.69, 9.17) is 4.74 Å². The summed E-state index contributed by atoms with van der Waals surface area (Å²) in [5.41, 5.74) is 1.77. The van der Waals surface area contributed by atoms with Crippen molar-refractivity contribution in [3.05, 3.63) is 53.6 Å². The second kappa shape index (κ2) is 8.19. The van der Waals surface area contributed by atoms with Gasteiger partial charge in [-0.2, -0.15) is 0 Å². The summed E-state index contributed by atoms with van der Waals surface area (Å²) in [5, 5.41) is 0. The van der Waals surface area contributed by atoms with E-state index in [9.17, 15) is 13.2 Å². The molecule has 0 aliphatic carbocycles. The number of sulfonamides is 1. The fourth-order valence-corrected chi connectivity index (χ4v) is 5.31. The van der Waals surface area contributed by atoms with Crippen LogP contribution in [0.2, 0.25) is 0 Å². The summed E-state index contributed by atoms with van der Waals surface area (Å²) in [6.45, 7) is 7.53. The standard InChI is InChI=1S/C24H30N2O4S/c1-24(2,3)17-7-10-20(11-8-17)31(28,29)25-18-9-12-22-21(16-18)23(27)26-14-5-4-6-19(26)13-15-30-22/h7-12,16,19,25H,4-6,13-15H2,1-3H3. The summed E-state index contributed by atoms with van der Waals surface area (Å²) in [5.74, 6) is 0.418. The second-order valence-electron chi connectivity index (χ2n) is 9.38. The van der Waals surface area contributed by atoms with Crippen molar-refractivity contribution >= 4 is 21.6 Å². The summed E-state index contributed by atoms with van der Waals surface area (Å²) in [6, 6.07) is 12.0. The van der Waals surface area contributed by atoms with Crippen molar-refractivity contribution in [3.63, 3.8) is 0 Å². The van der Waals surface area contributed by atoms with Gasteiger partial charge in [0.2, 0.25) is 0 Å². The first-order valence-corrected chi connectivity index (χ1v) is 12.3. The monoisotopic (exact) mass is 442 g/mol. The Labute approximate surface area is 184 Å². The molecule has 2 aliphatic heterocycles. The molecule has 2 aromatic rings. The van der Waals surface area contributed by atoms with E-state index >= 15 is 0 Å². The van der Waals surface area contributed by atoms with Gasteiger partial charge in [0.05, 0.1) is 17.1 Å². The number of benzene rings is 2. The molecule has 4 rings (SSSR count). The number of amides is 1. The number of ether oxygens (including phenoxy) is 1. The van der Waals surface area contributed by atoms with E-state index in [1.54, 1.807) is 30.3 Å². The molecular formula is C24H30N2O4S. The molecule has 2 heterocycles. The molecule has 2 aromatic carbocycles. The minimum atomic E-state index is -3.77. The minimum Gasteiger partial charge on any atom is -0.493 e. The number of fused-ring (bicyclic) bond motifs is 2.